The van der Waals surface area contributed by atoms with Gasteiger partial charge in [0, 0.05) is 24.7 Å². The van der Waals surface area contributed by atoms with E-state index < -0.39 is 12.1 Å². The Hall–Kier alpha value is -1.94. The quantitative estimate of drug-likeness (QED) is 0.613. The Morgan fingerprint density at radius 1 is 1.15 bits per heavy atom. The lowest BCUT2D eigenvalue weighted by molar-refractivity contribution is -0.137. The van der Waals surface area contributed by atoms with Gasteiger partial charge in [0.25, 0.3) is 0 Å². The Kier molecular flexibility index (Phi) is 8.05. The van der Waals surface area contributed by atoms with Crippen molar-refractivity contribution in [3.63, 3.8) is 0 Å². The van der Waals surface area contributed by atoms with E-state index in [-0.39, 0.29) is 30.5 Å². The molecule has 142 valence electrons. The highest BCUT2D eigenvalue weighted by molar-refractivity contribution is 5.84. The molecule has 1 aromatic carbocycles. The number of carbonyl (C=O) groups excluding carboxylic acids is 1. The van der Waals surface area contributed by atoms with E-state index in [1.807, 2.05) is 12.2 Å². The van der Waals surface area contributed by atoms with Crippen molar-refractivity contribution in [2.75, 3.05) is 0 Å². The molecule has 0 saturated heterocycles. The number of carboxylic acids is 1. The van der Waals surface area contributed by atoms with Crippen LogP contribution < -0.4 is 0 Å². The van der Waals surface area contributed by atoms with Crippen LogP contribution in [0.3, 0.4) is 0 Å². The van der Waals surface area contributed by atoms with Crippen LogP contribution in [0.4, 0.5) is 0 Å². The zero-order valence-corrected chi connectivity index (χ0v) is 15.6. The van der Waals surface area contributed by atoms with Crippen molar-refractivity contribution >= 4 is 17.8 Å². The second-order valence-electron chi connectivity index (χ2n) is 7.22. The summed E-state index contributed by atoms with van der Waals surface area (Å²) >= 11 is 0. The number of unbranched alkanes of at least 4 members (excludes halogenated alkanes) is 3. The first-order valence-electron chi connectivity index (χ1n) is 9.71. The van der Waals surface area contributed by atoms with E-state index in [0.29, 0.717) is 6.42 Å². The molecule has 4 heteroatoms. The van der Waals surface area contributed by atoms with Crippen LogP contribution in [-0.4, -0.2) is 28.1 Å². The van der Waals surface area contributed by atoms with Gasteiger partial charge in [-0.3, -0.25) is 9.59 Å². The fourth-order valence-electron chi connectivity index (χ4n) is 3.67. The Labute approximate surface area is 155 Å². The van der Waals surface area contributed by atoms with E-state index >= 15 is 0 Å². The molecule has 1 aliphatic carbocycles. The van der Waals surface area contributed by atoms with Gasteiger partial charge in [-0.1, -0.05) is 62.6 Å². The van der Waals surface area contributed by atoms with E-state index in [1.54, 1.807) is 0 Å². The number of aliphatic hydroxyl groups is 1. The Morgan fingerprint density at radius 2 is 1.85 bits per heavy atom. The molecule has 1 aromatic rings. The lowest BCUT2D eigenvalue weighted by atomic mass is 9.88. The summed E-state index contributed by atoms with van der Waals surface area (Å²) in [6, 6.07) is 8.33. The molecule has 0 spiro atoms. The molecule has 0 aliphatic heterocycles. The maximum absolute atomic E-state index is 12.2. The minimum Gasteiger partial charge on any atom is -0.481 e. The molecule has 3 atom stereocenters. The molecule has 0 radical (unpaired) electrons. The highest BCUT2D eigenvalue weighted by atomic mass is 16.4. The average molecular weight is 358 g/mol. The summed E-state index contributed by atoms with van der Waals surface area (Å²) in [6.45, 7) is 2.12. The van der Waals surface area contributed by atoms with Crippen LogP contribution in [0.5, 0.6) is 0 Å². The Morgan fingerprint density at radius 3 is 2.50 bits per heavy atom. The average Bonchev–Trinajstić information content (AvgIpc) is 2.89. The SMILES string of the molecule is CCc1ccc(C=CC2C(O)CC(=O)C2CCCCCCC(=O)O)cc1. The zero-order chi connectivity index (χ0) is 18.9. The van der Waals surface area contributed by atoms with Crippen molar-refractivity contribution in [3.05, 3.63) is 41.5 Å². The van der Waals surface area contributed by atoms with Gasteiger partial charge in [0.1, 0.15) is 5.78 Å². The molecule has 0 heterocycles. The highest BCUT2D eigenvalue weighted by Crippen LogP contribution is 2.34. The molecule has 2 rings (SSSR count). The van der Waals surface area contributed by atoms with Crippen LogP contribution >= 0.6 is 0 Å². The summed E-state index contributed by atoms with van der Waals surface area (Å²) < 4.78 is 0. The number of ketones is 1. The molecule has 1 aliphatic rings. The van der Waals surface area contributed by atoms with Crippen molar-refractivity contribution in [1.82, 2.24) is 0 Å². The smallest absolute Gasteiger partial charge is 0.303 e. The van der Waals surface area contributed by atoms with Gasteiger partial charge in [-0.2, -0.15) is 0 Å². The van der Waals surface area contributed by atoms with Gasteiger partial charge in [0.2, 0.25) is 0 Å². The summed E-state index contributed by atoms with van der Waals surface area (Å²) in [6.07, 6.45) is 9.04. The normalized spacial score (nSPS) is 23.0. The van der Waals surface area contributed by atoms with E-state index in [9.17, 15) is 14.7 Å². The van der Waals surface area contributed by atoms with Crippen LogP contribution in [0, 0.1) is 11.8 Å². The van der Waals surface area contributed by atoms with Crippen molar-refractivity contribution in [2.24, 2.45) is 11.8 Å². The predicted molar refractivity (Wildman–Crippen MR) is 103 cm³/mol. The van der Waals surface area contributed by atoms with Gasteiger partial charge < -0.3 is 10.2 Å². The van der Waals surface area contributed by atoms with Gasteiger partial charge in [0.15, 0.2) is 0 Å². The molecule has 26 heavy (non-hydrogen) atoms. The molecule has 3 unspecified atom stereocenters. The molecule has 2 N–H and O–H groups in total. The predicted octanol–water partition coefficient (Wildman–Crippen LogP) is 4.25. The Bertz CT molecular complexity index is 618. The standard InChI is InChI=1S/C22H30O4/c1-2-16-9-11-17(12-10-16)13-14-19-18(20(23)15-21(19)24)7-5-3-4-6-8-22(25)26/h9-14,18-19,21,24H,2-8,15H2,1H3,(H,25,26). The third-order valence-electron chi connectivity index (χ3n) is 5.29. The van der Waals surface area contributed by atoms with Gasteiger partial charge in [-0.05, 0) is 30.4 Å². The number of carbonyl (C=O) groups is 2. The number of hydrogen-bond acceptors (Lipinski definition) is 3. The van der Waals surface area contributed by atoms with Crippen LogP contribution in [-0.2, 0) is 16.0 Å². The number of hydrogen-bond donors (Lipinski definition) is 2. The van der Waals surface area contributed by atoms with Crippen LogP contribution in [0.1, 0.15) is 63.0 Å². The molecule has 0 bridgehead atoms. The van der Waals surface area contributed by atoms with Crippen LogP contribution in [0.15, 0.2) is 30.3 Å². The van der Waals surface area contributed by atoms with Gasteiger partial charge in [0.05, 0.1) is 6.10 Å². The van der Waals surface area contributed by atoms with E-state index in [4.69, 9.17) is 5.11 Å². The molecule has 1 saturated carbocycles. The number of rotatable bonds is 10. The number of aryl methyl sites for hydroxylation is 1. The number of benzene rings is 1. The summed E-state index contributed by atoms with van der Waals surface area (Å²) in [5.41, 5.74) is 2.38. The van der Waals surface area contributed by atoms with Crippen LogP contribution in [0.2, 0.25) is 0 Å². The first kappa shape index (κ1) is 20.4. The second kappa shape index (κ2) is 10.3. The topological polar surface area (TPSA) is 74.6 Å². The lowest BCUT2D eigenvalue weighted by Crippen LogP contribution is -2.18. The molecule has 1 fully saturated rings. The molecule has 0 amide bonds. The van der Waals surface area contributed by atoms with E-state index in [0.717, 1.165) is 37.7 Å². The molecule has 0 aromatic heterocycles. The summed E-state index contributed by atoms with van der Waals surface area (Å²) in [7, 11) is 0. The van der Waals surface area contributed by atoms with Gasteiger partial charge >= 0.3 is 5.97 Å². The first-order valence-corrected chi connectivity index (χ1v) is 9.71. The van der Waals surface area contributed by atoms with Gasteiger partial charge in [-0.25, -0.2) is 0 Å². The van der Waals surface area contributed by atoms with E-state index in [1.165, 1.54) is 5.56 Å². The number of aliphatic carboxylic acids is 1. The first-order chi connectivity index (χ1) is 12.5. The fraction of sp³-hybridized carbons (Fsp3) is 0.545. The maximum atomic E-state index is 12.2. The van der Waals surface area contributed by atoms with Gasteiger partial charge in [-0.15, -0.1) is 0 Å². The zero-order valence-electron chi connectivity index (χ0n) is 15.6. The van der Waals surface area contributed by atoms with Crippen LogP contribution in [0.25, 0.3) is 6.08 Å². The minimum atomic E-state index is -0.753. The van der Waals surface area contributed by atoms with E-state index in [2.05, 4.69) is 31.2 Å². The summed E-state index contributed by atoms with van der Waals surface area (Å²) in [5, 5.41) is 18.9. The van der Waals surface area contributed by atoms with Crippen molar-refractivity contribution in [3.8, 4) is 0 Å². The highest BCUT2D eigenvalue weighted by Gasteiger charge is 2.39. The largest absolute Gasteiger partial charge is 0.481 e. The lowest BCUT2D eigenvalue weighted by Gasteiger charge is -2.17. The minimum absolute atomic E-state index is 0.115. The van der Waals surface area contributed by atoms with Crippen molar-refractivity contribution in [2.45, 2.75) is 64.4 Å². The molecule has 4 nitrogen and oxygen atoms in total. The third kappa shape index (κ3) is 6.10. The number of carboxylic acid groups (broad SMARTS) is 1. The number of Topliss-reactive ketones (excluding diaryl/α,β-unsaturated/α-hetero) is 1. The Balaban J connectivity index is 1.86. The monoisotopic (exact) mass is 358 g/mol. The molecular weight excluding hydrogens is 328 g/mol. The fourth-order valence-corrected chi connectivity index (χ4v) is 3.67. The summed E-state index contributed by atoms with van der Waals surface area (Å²) in [4.78, 5) is 22.7. The number of aliphatic hydroxyl groups excluding tert-OH is 1. The maximum Gasteiger partial charge on any atom is 0.303 e. The van der Waals surface area contributed by atoms with Crippen molar-refractivity contribution < 1.29 is 19.8 Å². The van der Waals surface area contributed by atoms with Crippen molar-refractivity contribution in [1.29, 1.82) is 0 Å². The second-order valence-corrected chi connectivity index (χ2v) is 7.22. The third-order valence-corrected chi connectivity index (χ3v) is 5.29. The summed E-state index contributed by atoms with van der Waals surface area (Å²) in [5.74, 6) is -0.835. The molecular formula is C22H30O4.